The van der Waals surface area contributed by atoms with Crippen molar-refractivity contribution in [3.63, 3.8) is 0 Å². The first kappa shape index (κ1) is 44.9. The number of nitrogens with two attached hydrogens (primary N) is 2. The SMILES string of the molecule is CN1CCN(C(=O)C(F)c2ccc(C(=O)Nc3cc(-c4cccs4)ccc3N)cc2)CC1.CN1CCN(C(=O)C(F)c2ccc(CNc3cc(-c4cccs4)ccc3N)cc2)CC1. The van der Waals surface area contributed by atoms with Crippen LogP contribution in [0.2, 0.25) is 0 Å². The van der Waals surface area contributed by atoms with E-state index in [4.69, 9.17) is 11.5 Å². The fraction of sp³-hybridized carbons (Fsp3) is 0.271. The van der Waals surface area contributed by atoms with Crippen LogP contribution in [0.1, 0.15) is 39.4 Å². The van der Waals surface area contributed by atoms with Gasteiger partial charge in [0.1, 0.15) is 0 Å². The number of halogens is 2. The Kier molecular flexibility index (Phi) is 14.8. The minimum absolute atomic E-state index is 0.240. The van der Waals surface area contributed by atoms with Gasteiger partial charge in [-0.15, -0.1) is 22.7 Å². The fourth-order valence-electron chi connectivity index (χ4n) is 7.23. The monoisotopic (exact) mass is 890 g/mol. The van der Waals surface area contributed by atoms with Crippen LogP contribution in [-0.4, -0.2) is 104 Å². The average molecular weight is 891 g/mol. The number of hydrogen-bond acceptors (Lipinski definition) is 10. The zero-order valence-corrected chi connectivity index (χ0v) is 36.9. The lowest BCUT2D eigenvalue weighted by Crippen LogP contribution is -2.48. The Bertz CT molecular complexity index is 2450. The van der Waals surface area contributed by atoms with E-state index in [9.17, 15) is 23.2 Å². The normalized spacial score (nSPS) is 15.5. The van der Waals surface area contributed by atoms with Gasteiger partial charge >= 0.3 is 0 Å². The van der Waals surface area contributed by atoms with Gasteiger partial charge in [0, 0.05) is 74.2 Å². The number of nitrogens with one attached hydrogen (secondary N) is 2. The summed E-state index contributed by atoms with van der Waals surface area (Å²) in [5.74, 6) is -1.34. The van der Waals surface area contributed by atoms with E-state index in [1.165, 1.54) is 29.1 Å². The molecule has 63 heavy (non-hydrogen) atoms. The van der Waals surface area contributed by atoms with Gasteiger partial charge in [-0.1, -0.05) is 60.7 Å². The molecule has 2 aromatic heterocycles. The minimum atomic E-state index is -1.74. The Balaban J connectivity index is 0.000000189. The molecule has 0 aliphatic carbocycles. The van der Waals surface area contributed by atoms with Gasteiger partial charge in [-0.2, -0.15) is 0 Å². The van der Waals surface area contributed by atoms with E-state index in [0.717, 1.165) is 53.4 Å². The number of alkyl halides is 2. The molecule has 4 heterocycles. The summed E-state index contributed by atoms with van der Waals surface area (Å²) in [5.41, 5.74) is 18.7. The predicted molar refractivity (Wildman–Crippen MR) is 252 cm³/mol. The number of thiophene rings is 2. The first-order valence-electron chi connectivity index (χ1n) is 20.8. The Labute approximate surface area is 374 Å². The molecule has 2 atom stereocenters. The molecule has 0 spiro atoms. The van der Waals surface area contributed by atoms with Crippen LogP contribution in [0.25, 0.3) is 20.9 Å². The lowest BCUT2D eigenvalue weighted by molar-refractivity contribution is -0.139. The Morgan fingerprint density at radius 1 is 0.603 bits per heavy atom. The number of carbonyl (C=O) groups excluding carboxylic acids is 3. The largest absolute Gasteiger partial charge is 0.397 e. The molecule has 6 aromatic rings. The summed E-state index contributed by atoms with van der Waals surface area (Å²) in [6.07, 6.45) is -3.36. The van der Waals surface area contributed by atoms with Crippen molar-refractivity contribution >= 4 is 63.1 Å². The molecule has 2 aliphatic heterocycles. The standard InChI is InChI=1S/C24H25FN4O2S.C24H27FN4OS/c1-28-10-12-29(13-11-28)24(31)22(25)16-4-6-17(7-5-16)23(30)27-20-15-18(8-9-19(20)26)21-3-2-14-32-21;1-28-10-12-29(13-11-28)24(30)23(25)18-6-4-17(5-7-18)16-27-21-15-19(8-9-20(21)26)22-3-2-14-31-22/h2-9,14-15,22H,10-13,26H2,1H3,(H,27,30);2-9,14-15,23,27H,10-13,16,26H2,1H3. The smallest absolute Gasteiger partial charge is 0.261 e. The number of rotatable bonds is 11. The number of anilines is 4. The number of carbonyl (C=O) groups is 3. The summed E-state index contributed by atoms with van der Waals surface area (Å²) >= 11 is 3.28. The molecular formula is C48H52F2N8O3S2. The number of piperazine rings is 2. The van der Waals surface area contributed by atoms with E-state index in [-0.39, 0.29) is 11.5 Å². The zero-order chi connectivity index (χ0) is 44.5. The minimum Gasteiger partial charge on any atom is -0.397 e. The molecule has 328 valence electrons. The van der Waals surface area contributed by atoms with Crippen molar-refractivity contribution in [1.29, 1.82) is 0 Å². The molecule has 8 rings (SSSR count). The molecule has 0 bridgehead atoms. The Morgan fingerprint density at radius 3 is 1.51 bits per heavy atom. The van der Waals surface area contributed by atoms with Gasteiger partial charge in [-0.3, -0.25) is 14.4 Å². The van der Waals surface area contributed by atoms with E-state index < -0.39 is 24.2 Å². The average Bonchev–Trinajstić information content (AvgIpc) is 4.06. The highest BCUT2D eigenvalue weighted by molar-refractivity contribution is 7.13. The highest BCUT2D eigenvalue weighted by Crippen LogP contribution is 2.32. The lowest BCUT2D eigenvalue weighted by atomic mass is 10.1. The number of nitrogens with zero attached hydrogens (tertiary/aromatic N) is 4. The van der Waals surface area contributed by atoms with Crippen LogP contribution in [0.5, 0.6) is 0 Å². The van der Waals surface area contributed by atoms with Crippen molar-refractivity contribution in [3.05, 3.63) is 142 Å². The van der Waals surface area contributed by atoms with Gasteiger partial charge in [-0.25, -0.2) is 8.78 Å². The number of likely N-dealkylation sites (N-methyl/N-ethyl adjacent to an activating group) is 2. The number of amides is 3. The van der Waals surface area contributed by atoms with Gasteiger partial charge < -0.3 is 41.7 Å². The molecule has 11 nitrogen and oxygen atoms in total. The highest BCUT2D eigenvalue weighted by atomic mass is 32.1. The van der Waals surface area contributed by atoms with Crippen LogP contribution in [0, 0.1) is 0 Å². The van der Waals surface area contributed by atoms with Crippen LogP contribution in [0.15, 0.2) is 120 Å². The zero-order valence-electron chi connectivity index (χ0n) is 35.3. The highest BCUT2D eigenvalue weighted by Gasteiger charge is 2.29. The third-order valence-corrected chi connectivity index (χ3v) is 13.1. The van der Waals surface area contributed by atoms with E-state index >= 15 is 0 Å². The first-order valence-corrected chi connectivity index (χ1v) is 22.5. The van der Waals surface area contributed by atoms with Crippen LogP contribution in [0.3, 0.4) is 0 Å². The number of nitrogen functional groups attached to an aromatic ring is 2. The third-order valence-electron chi connectivity index (χ3n) is 11.3. The van der Waals surface area contributed by atoms with Crippen LogP contribution in [-0.2, 0) is 16.1 Å². The summed E-state index contributed by atoms with van der Waals surface area (Å²) in [5, 5.41) is 10.2. The maximum atomic E-state index is 14.8. The van der Waals surface area contributed by atoms with Gasteiger partial charge in [0.25, 0.3) is 17.7 Å². The Hall–Kier alpha value is -6.13. The van der Waals surface area contributed by atoms with Crippen molar-refractivity contribution in [3.8, 4) is 20.9 Å². The summed E-state index contributed by atoms with van der Waals surface area (Å²) < 4.78 is 29.6. The summed E-state index contributed by atoms with van der Waals surface area (Å²) in [7, 11) is 3.98. The van der Waals surface area contributed by atoms with Crippen molar-refractivity contribution < 1.29 is 23.2 Å². The molecular weight excluding hydrogens is 839 g/mol. The van der Waals surface area contributed by atoms with E-state index in [1.54, 1.807) is 50.7 Å². The fourth-order valence-corrected chi connectivity index (χ4v) is 8.67. The predicted octanol–water partition coefficient (Wildman–Crippen LogP) is 8.43. The van der Waals surface area contributed by atoms with Gasteiger partial charge in [0.2, 0.25) is 12.3 Å². The summed E-state index contributed by atoms with van der Waals surface area (Å²) in [6.45, 7) is 5.75. The van der Waals surface area contributed by atoms with Crippen LogP contribution < -0.4 is 22.1 Å². The molecule has 2 unspecified atom stereocenters. The molecule has 2 aliphatic rings. The second-order valence-corrected chi connectivity index (χ2v) is 17.6. The molecule has 0 saturated carbocycles. The van der Waals surface area contributed by atoms with Gasteiger partial charge in [0.05, 0.1) is 22.7 Å². The van der Waals surface area contributed by atoms with Crippen LogP contribution in [0.4, 0.5) is 31.5 Å². The lowest BCUT2D eigenvalue weighted by Gasteiger charge is -2.33. The molecule has 6 N–H and O–H groups in total. The quantitative estimate of drug-likeness (QED) is 0.0952. The molecule has 3 amide bonds. The first-order chi connectivity index (χ1) is 30.4. The topological polar surface area (TPSA) is 140 Å². The van der Waals surface area contributed by atoms with Crippen molar-refractivity contribution in [2.75, 3.05) is 88.6 Å². The second-order valence-electron chi connectivity index (χ2n) is 15.7. The van der Waals surface area contributed by atoms with Crippen LogP contribution >= 0.6 is 22.7 Å². The molecule has 4 aromatic carbocycles. The van der Waals surface area contributed by atoms with E-state index in [2.05, 4.69) is 26.5 Å². The van der Waals surface area contributed by atoms with Crippen molar-refractivity contribution in [1.82, 2.24) is 19.6 Å². The van der Waals surface area contributed by atoms with E-state index in [0.29, 0.717) is 60.9 Å². The Morgan fingerprint density at radius 2 is 1.05 bits per heavy atom. The summed E-state index contributed by atoms with van der Waals surface area (Å²) in [6, 6.07) is 32.6. The van der Waals surface area contributed by atoms with Gasteiger partial charge in [0.15, 0.2) is 0 Å². The number of benzene rings is 4. The summed E-state index contributed by atoms with van der Waals surface area (Å²) in [4.78, 5) is 47.3. The molecule has 15 heteroatoms. The molecule has 0 radical (unpaired) electrons. The third kappa shape index (κ3) is 11.5. The molecule has 2 fully saturated rings. The maximum absolute atomic E-state index is 14.8. The number of hydrogen-bond donors (Lipinski definition) is 4. The van der Waals surface area contributed by atoms with E-state index in [1.807, 2.05) is 85.5 Å². The van der Waals surface area contributed by atoms with Crippen molar-refractivity contribution in [2.45, 2.75) is 18.9 Å². The van der Waals surface area contributed by atoms with Gasteiger partial charge in [-0.05, 0) is 101 Å². The molecule has 2 saturated heterocycles. The maximum Gasteiger partial charge on any atom is 0.261 e. The van der Waals surface area contributed by atoms with Crippen molar-refractivity contribution in [2.24, 2.45) is 0 Å². The second kappa shape index (κ2) is 20.8.